The van der Waals surface area contributed by atoms with Crippen LogP contribution in [0.4, 0.5) is 17.5 Å². The van der Waals surface area contributed by atoms with E-state index in [4.69, 9.17) is 25.5 Å². The summed E-state index contributed by atoms with van der Waals surface area (Å²) >= 11 is 6.38. The molecule has 0 bridgehead atoms. The quantitative estimate of drug-likeness (QED) is 0.284. The van der Waals surface area contributed by atoms with Gasteiger partial charge in [0.15, 0.2) is 5.58 Å². The number of pyridine rings is 1. The van der Waals surface area contributed by atoms with Crippen LogP contribution < -0.4 is 25.4 Å². The van der Waals surface area contributed by atoms with Crippen molar-refractivity contribution in [3.8, 4) is 17.2 Å². The number of rotatable bonds is 8. The third kappa shape index (κ3) is 5.03. The molecule has 9 heteroatoms. The monoisotopic (exact) mass is 479 g/mol. The Kier molecular flexibility index (Phi) is 6.42. The topological polar surface area (TPSA) is 93.5 Å². The Labute approximate surface area is 202 Å². The second-order valence-electron chi connectivity index (χ2n) is 8.17. The molecule has 4 aromatic rings. The fraction of sp³-hybridized carbons (Fsp3) is 0.280. The van der Waals surface area contributed by atoms with Gasteiger partial charge in [0.05, 0.1) is 5.02 Å². The Balaban J connectivity index is 1.30. The molecule has 0 radical (unpaired) electrons. The van der Waals surface area contributed by atoms with Crippen molar-refractivity contribution >= 4 is 40.2 Å². The summed E-state index contributed by atoms with van der Waals surface area (Å²) in [4.78, 5) is 8.75. The minimum absolute atomic E-state index is 0.0163. The Morgan fingerprint density at radius 1 is 1.15 bits per heavy atom. The van der Waals surface area contributed by atoms with Gasteiger partial charge in [-0.15, -0.1) is 0 Å². The molecule has 0 amide bonds. The lowest BCUT2D eigenvalue weighted by atomic mass is 10.1. The van der Waals surface area contributed by atoms with Crippen LogP contribution in [0.2, 0.25) is 5.02 Å². The Bertz CT molecular complexity index is 1290. The number of oxazole rings is 1. The van der Waals surface area contributed by atoms with Gasteiger partial charge < -0.3 is 29.8 Å². The van der Waals surface area contributed by atoms with Crippen LogP contribution >= 0.6 is 11.6 Å². The number of anilines is 3. The molecule has 1 aliphatic rings. The minimum Gasteiger partial charge on any atom is -0.487 e. The maximum absolute atomic E-state index is 6.38. The van der Waals surface area contributed by atoms with Crippen molar-refractivity contribution < 1.29 is 13.9 Å². The van der Waals surface area contributed by atoms with E-state index in [9.17, 15) is 0 Å². The van der Waals surface area contributed by atoms with Crippen molar-refractivity contribution in [1.82, 2.24) is 15.3 Å². The van der Waals surface area contributed by atoms with Crippen molar-refractivity contribution in [3.05, 3.63) is 59.8 Å². The zero-order chi connectivity index (χ0) is 23.5. The summed E-state index contributed by atoms with van der Waals surface area (Å²) in [5, 5.41) is 10.2. The molecule has 34 heavy (non-hydrogen) atoms. The number of fused-ring (bicyclic) bond motifs is 1. The lowest BCUT2D eigenvalue weighted by molar-refractivity contribution is 0.180. The van der Waals surface area contributed by atoms with Crippen LogP contribution in [-0.4, -0.2) is 35.7 Å². The minimum atomic E-state index is 0.0163. The van der Waals surface area contributed by atoms with E-state index >= 15 is 0 Å². The third-order valence-electron chi connectivity index (χ3n) is 5.74. The molecule has 1 fully saturated rings. The highest BCUT2D eigenvalue weighted by Crippen LogP contribution is 2.33. The van der Waals surface area contributed by atoms with E-state index < -0.39 is 0 Å². The highest BCUT2D eigenvalue weighted by Gasteiger charge is 2.23. The van der Waals surface area contributed by atoms with Crippen molar-refractivity contribution in [3.63, 3.8) is 0 Å². The molecule has 5 rings (SSSR count). The summed E-state index contributed by atoms with van der Waals surface area (Å²) < 4.78 is 18.0. The van der Waals surface area contributed by atoms with Gasteiger partial charge in [0.25, 0.3) is 6.01 Å². The third-order valence-corrected chi connectivity index (χ3v) is 6.05. The Hall–Kier alpha value is -3.49. The lowest BCUT2D eigenvalue weighted by Gasteiger charge is -2.22. The van der Waals surface area contributed by atoms with E-state index in [0.717, 1.165) is 30.9 Å². The molecule has 2 aromatic heterocycles. The molecule has 1 aliphatic heterocycles. The summed E-state index contributed by atoms with van der Waals surface area (Å²) in [6, 6.07) is 15.3. The Morgan fingerprint density at radius 3 is 2.85 bits per heavy atom. The maximum atomic E-state index is 6.38. The van der Waals surface area contributed by atoms with Crippen molar-refractivity contribution in [2.24, 2.45) is 0 Å². The van der Waals surface area contributed by atoms with Crippen LogP contribution in [0.3, 0.4) is 0 Å². The first-order valence-corrected chi connectivity index (χ1v) is 11.6. The summed E-state index contributed by atoms with van der Waals surface area (Å²) in [5.41, 5.74) is 2.09. The Morgan fingerprint density at radius 2 is 2.03 bits per heavy atom. The SMILES string of the molecule is CNc1cc(Oc2ccc3oc(Nc4ccc(Cl)c(OC(C)C5CCCN5)c4)nc3c2)ccn1. The van der Waals surface area contributed by atoms with E-state index in [-0.39, 0.29) is 6.10 Å². The highest BCUT2D eigenvalue weighted by atomic mass is 35.5. The molecule has 3 heterocycles. The van der Waals surface area contributed by atoms with Crippen molar-refractivity contribution in [2.75, 3.05) is 24.2 Å². The van der Waals surface area contributed by atoms with Crippen molar-refractivity contribution in [1.29, 1.82) is 0 Å². The van der Waals surface area contributed by atoms with Crippen LogP contribution in [0.25, 0.3) is 11.1 Å². The van der Waals surface area contributed by atoms with Crippen LogP contribution in [0, 0.1) is 0 Å². The van der Waals surface area contributed by atoms with Gasteiger partial charge >= 0.3 is 0 Å². The zero-order valence-corrected chi connectivity index (χ0v) is 19.7. The molecule has 1 saturated heterocycles. The molecule has 0 aliphatic carbocycles. The average Bonchev–Trinajstić information content (AvgIpc) is 3.51. The molecule has 0 spiro atoms. The molecule has 8 nitrogen and oxygen atoms in total. The summed E-state index contributed by atoms with van der Waals surface area (Å²) in [7, 11) is 1.81. The van der Waals surface area contributed by atoms with E-state index in [0.29, 0.717) is 45.4 Å². The standard InChI is InChI=1S/C25H26ClN5O3/c1-15(20-4-3-10-28-20)32-23-12-16(5-7-19(23)26)30-25-31-21-13-17(6-8-22(21)34-25)33-18-9-11-29-24(14-18)27-2/h5-9,11-15,20,28H,3-4,10H2,1-2H3,(H,27,29)(H,30,31). The largest absolute Gasteiger partial charge is 0.487 e. The van der Waals surface area contributed by atoms with Gasteiger partial charge in [-0.3, -0.25) is 0 Å². The number of nitrogens with zero attached hydrogens (tertiary/aromatic N) is 2. The normalized spacial score (nSPS) is 16.4. The lowest BCUT2D eigenvalue weighted by Crippen LogP contribution is -2.36. The van der Waals surface area contributed by atoms with E-state index in [1.807, 2.05) is 43.4 Å². The van der Waals surface area contributed by atoms with E-state index in [1.165, 1.54) is 0 Å². The molecule has 0 saturated carbocycles. The number of benzene rings is 2. The molecule has 3 N–H and O–H groups in total. The van der Waals surface area contributed by atoms with Gasteiger partial charge in [0.2, 0.25) is 0 Å². The van der Waals surface area contributed by atoms with E-state index in [2.05, 4.69) is 32.8 Å². The molecule has 2 atom stereocenters. The van der Waals surface area contributed by atoms with Gasteiger partial charge in [-0.1, -0.05) is 11.6 Å². The zero-order valence-electron chi connectivity index (χ0n) is 19.0. The van der Waals surface area contributed by atoms with Crippen LogP contribution in [0.15, 0.2) is 59.1 Å². The highest BCUT2D eigenvalue weighted by molar-refractivity contribution is 6.32. The number of hydrogen-bond acceptors (Lipinski definition) is 8. The van der Waals surface area contributed by atoms with E-state index in [1.54, 1.807) is 18.3 Å². The summed E-state index contributed by atoms with van der Waals surface area (Å²) in [5.74, 6) is 2.68. The number of nitrogens with one attached hydrogen (secondary N) is 3. The van der Waals surface area contributed by atoms with Crippen molar-refractivity contribution in [2.45, 2.75) is 31.9 Å². The second kappa shape index (κ2) is 9.79. The van der Waals surface area contributed by atoms with Gasteiger partial charge in [-0.05, 0) is 56.6 Å². The van der Waals surface area contributed by atoms with Crippen LogP contribution in [-0.2, 0) is 0 Å². The van der Waals surface area contributed by atoms with Gasteiger partial charge in [0.1, 0.15) is 34.7 Å². The smallest absolute Gasteiger partial charge is 0.300 e. The first-order chi connectivity index (χ1) is 16.6. The average molecular weight is 480 g/mol. The molecule has 2 unspecified atom stereocenters. The fourth-order valence-corrected chi connectivity index (χ4v) is 4.12. The fourth-order valence-electron chi connectivity index (χ4n) is 3.96. The van der Waals surface area contributed by atoms with Gasteiger partial charge in [-0.25, -0.2) is 4.98 Å². The molecule has 176 valence electrons. The number of ether oxygens (including phenoxy) is 2. The predicted molar refractivity (Wildman–Crippen MR) is 134 cm³/mol. The van der Waals surface area contributed by atoms with Crippen LogP contribution in [0.5, 0.6) is 17.2 Å². The van der Waals surface area contributed by atoms with Gasteiger partial charge in [-0.2, -0.15) is 4.98 Å². The molecule has 2 aromatic carbocycles. The first-order valence-electron chi connectivity index (χ1n) is 11.3. The number of aromatic nitrogens is 2. The molecular formula is C25H26ClN5O3. The number of hydrogen-bond donors (Lipinski definition) is 3. The van der Waals surface area contributed by atoms with Crippen LogP contribution in [0.1, 0.15) is 19.8 Å². The number of halogens is 1. The first kappa shape index (κ1) is 22.3. The summed E-state index contributed by atoms with van der Waals surface area (Å²) in [6.07, 6.45) is 3.97. The van der Waals surface area contributed by atoms with Gasteiger partial charge in [0, 0.05) is 43.2 Å². The predicted octanol–water partition coefficient (Wildman–Crippen LogP) is 5.97. The second-order valence-corrected chi connectivity index (χ2v) is 8.58. The summed E-state index contributed by atoms with van der Waals surface area (Å²) in [6.45, 7) is 3.09. The molecular weight excluding hydrogens is 454 g/mol. The maximum Gasteiger partial charge on any atom is 0.300 e.